The van der Waals surface area contributed by atoms with Gasteiger partial charge in [0.15, 0.2) is 0 Å². The minimum absolute atomic E-state index is 0.0315. The first-order valence-corrected chi connectivity index (χ1v) is 10.7. The van der Waals surface area contributed by atoms with E-state index in [9.17, 15) is 13.5 Å². The summed E-state index contributed by atoms with van der Waals surface area (Å²) in [5, 5.41) is 17.5. The Morgan fingerprint density at radius 3 is 2.07 bits per heavy atom. The van der Waals surface area contributed by atoms with Crippen LogP contribution in [0.25, 0.3) is 16.6 Å². The van der Waals surface area contributed by atoms with Crippen LogP contribution in [0.3, 0.4) is 0 Å². The molecule has 6 heteroatoms. The van der Waals surface area contributed by atoms with Gasteiger partial charge in [0.25, 0.3) is 0 Å². The molecule has 150 valence electrons. The number of aliphatic hydroxyl groups is 1. The summed E-state index contributed by atoms with van der Waals surface area (Å²) in [6.07, 6.45) is 3.50. The van der Waals surface area contributed by atoms with Gasteiger partial charge in [0.1, 0.15) is 10.6 Å². The summed E-state index contributed by atoms with van der Waals surface area (Å²) in [4.78, 5) is 0.421. The molecule has 2 N–H and O–H groups in total. The number of aromatic nitrogens is 1. The van der Waals surface area contributed by atoms with Gasteiger partial charge in [-0.15, -0.1) is 0 Å². The topological polar surface area (TPSA) is 79.0 Å². The SMILES string of the molecule is CC(C)O.O=S(=O)(c1ccc(O)cc1)c1c(-c2ccccc2)cn2ccccc12. The largest absolute Gasteiger partial charge is 0.508 e. The average molecular weight is 410 g/mol. The number of nitrogens with zero attached hydrogens (tertiary/aromatic N) is 1. The Hall–Kier alpha value is -3.09. The summed E-state index contributed by atoms with van der Waals surface area (Å²) >= 11 is 0. The molecule has 29 heavy (non-hydrogen) atoms. The molecule has 5 nitrogen and oxygen atoms in total. The van der Waals surface area contributed by atoms with E-state index in [1.54, 1.807) is 19.9 Å². The number of aromatic hydroxyl groups is 1. The molecule has 0 aliphatic rings. The minimum Gasteiger partial charge on any atom is -0.508 e. The lowest BCUT2D eigenvalue weighted by Crippen LogP contribution is -2.03. The van der Waals surface area contributed by atoms with Crippen LogP contribution in [0, 0.1) is 0 Å². The fourth-order valence-corrected chi connectivity index (χ4v) is 4.58. The number of aliphatic hydroxyl groups excluding tert-OH is 1. The molecular weight excluding hydrogens is 386 g/mol. The van der Waals surface area contributed by atoms with Crippen molar-refractivity contribution in [2.75, 3.05) is 0 Å². The van der Waals surface area contributed by atoms with E-state index in [2.05, 4.69) is 0 Å². The van der Waals surface area contributed by atoms with Crippen LogP contribution in [0.15, 0.2) is 95.0 Å². The number of pyridine rings is 1. The monoisotopic (exact) mass is 409 g/mol. The minimum atomic E-state index is -3.75. The molecular formula is C23H23NO4S. The fourth-order valence-electron chi connectivity index (χ4n) is 2.95. The molecule has 0 amide bonds. The van der Waals surface area contributed by atoms with E-state index in [0.29, 0.717) is 11.1 Å². The zero-order chi connectivity index (χ0) is 21.0. The van der Waals surface area contributed by atoms with Gasteiger partial charge in [-0.2, -0.15) is 0 Å². The van der Waals surface area contributed by atoms with Crippen molar-refractivity contribution in [1.82, 2.24) is 4.40 Å². The highest BCUT2D eigenvalue weighted by atomic mass is 32.2. The second kappa shape index (κ2) is 8.51. The maximum Gasteiger partial charge on any atom is 0.209 e. The van der Waals surface area contributed by atoms with Gasteiger partial charge in [0.2, 0.25) is 9.84 Å². The van der Waals surface area contributed by atoms with Gasteiger partial charge in [-0.1, -0.05) is 36.4 Å². The van der Waals surface area contributed by atoms with Crippen molar-refractivity contribution in [2.45, 2.75) is 29.7 Å². The summed E-state index contributed by atoms with van der Waals surface area (Å²) in [5.74, 6) is 0.0315. The maximum absolute atomic E-state index is 13.3. The number of fused-ring (bicyclic) bond motifs is 1. The molecule has 0 spiro atoms. The predicted molar refractivity (Wildman–Crippen MR) is 114 cm³/mol. The predicted octanol–water partition coefficient (Wildman–Crippen LogP) is 4.53. The number of hydrogen-bond acceptors (Lipinski definition) is 4. The third kappa shape index (κ3) is 4.50. The lowest BCUT2D eigenvalue weighted by atomic mass is 10.1. The Bertz CT molecular complexity index is 1190. The Kier molecular flexibility index (Phi) is 6.06. The molecule has 0 unspecified atom stereocenters. The van der Waals surface area contributed by atoms with Gasteiger partial charge in [-0.3, -0.25) is 0 Å². The van der Waals surface area contributed by atoms with Crippen LogP contribution in [0.1, 0.15) is 13.8 Å². The van der Waals surface area contributed by atoms with Crippen molar-refractivity contribution in [3.05, 3.63) is 85.2 Å². The van der Waals surface area contributed by atoms with Crippen LogP contribution in [0.4, 0.5) is 0 Å². The van der Waals surface area contributed by atoms with E-state index in [-0.39, 0.29) is 21.6 Å². The Morgan fingerprint density at radius 1 is 0.862 bits per heavy atom. The van der Waals surface area contributed by atoms with Gasteiger partial charge in [-0.25, -0.2) is 8.42 Å². The Morgan fingerprint density at radius 2 is 1.45 bits per heavy atom. The normalized spacial score (nSPS) is 11.3. The maximum atomic E-state index is 13.3. The molecule has 0 saturated carbocycles. The summed E-state index contributed by atoms with van der Waals surface area (Å²) in [7, 11) is -3.75. The van der Waals surface area contributed by atoms with Crippen LogP contribution in [0.2, 0.25) is 0 Å². The molecule has 0 fully saturated rings. The zero-order valence-electron chi connectivity index (χ0n) is 16.2. The van der Waals surface area contributed by atoms with Crippen molar-refractivity contribution < 1.29 is 18.6 Å². The lowest BCUT2D eigenvalue weighted by molar-refractivity contribution is 0.216. The van der Waals surface area contributed by atoms with E-state index in [4.69, 9.17) is 5.11 Å². The summed E-state index contributed by atoms with van der Waals surface area (Å²) < 4.78 is 28.5. The number of phenolic OH excluding ortho intramolecular Hbond substituents is 1. The Balaban J connectivity index is 0.000000552. The molecule has 2 heterocycles. The van der Waals surface area contributed by atoms with Gasteiger partial charge >= 0.3 is 0 Å². The van der Waals surface area contributed by atoms with E-state index in [1.807, 2.05) is 59.3 Å². The van der Waals surface area contributed by atoms with E-state index >= 15 is 0 Å². The van der Waals surface area contributed by atoms with Gasteiger partial charge < -0.3 is 14.6 Å². The van der Waals surface area contributed by atoms with Gasteiger partial charge in [0, 0.05) is 24.1 Å². The van der Waals surface area contributed by atoms with Crippen molar-refractivity contribution >= 4 is 15.4 Å². The molecule has 2 aromatic carbocycles. The summed E-state index contributed by atoms with van der Waals surface area (Å²) in [6, 6.07) is 20.5. The summed E-state index contributed by atoms with van der Waals surface area (Å²) in [5.41, 5.74) is 2.11. The highest BCUT2D eigenvalue weighted by molar-refractivity contribution is 7.91. The van der Waals surface area contributed by atoms with Crippen molar-refractivity contribution in [3.63, 3.8) is 0 Å². The van der Waals surface area contributed by atoms with Crippen LogP contribution >= 0.6 is 0 Å². The quantitative estimate of drug-likeness (QED) is 0.521. The number of hydrogen-bond donors (Lipinski definition) is 2. The third-order valence-electron chi connectivity index (χ3n) is 4.14. The lowest BCUT2D eigenvalue weighted by Gasteiger charge is -2.08. The first kappa shape index (κ1) is 20.6. The van der Waals surface area contributed by atoms with E-state index in [1.165, 1.54) is 24.3 Å². The second-order valence-electron chi connectivity index (χ2n) is 6.82. The highest BCUT2D eigenvalue weighted by Gasteiger charge is 2.26. The number of rotatable bonds is 3. The first-order valence-electron chi connectivity index (χ1n) is 9.18. The van der Waals surface area contributed by atoms with E-state index in [0.717, 1.165) is 5.56 Å². The van der Waals surface area contributed by atoms with E-state index < -0.39 is 9.84 Å². The van der Waals surface area contributed by atoms with Gasteiger partial charge in [-0.05, 0) is 55.8 Å². The standard InChI is InChI=1S/C20H15NO3S.C3H8O/c22-16-9-11-17(12-10-16)25(23,24)20-18(15-6-2-1-3-7-15)14-21-13-5-4-8-19(20)21;1-3(2)4/h1-14,22H;3-4H,1-2H3. The average Bonchev–Trinajstić information content (AvgIpc) is 3.09. The molecule has 4 aromatic rings. The molecule has 0 radical (unpaired) electrons. The van der Waals surface area contributed by atoms with Crippen molar-refractivity contribution in [2.24, 2.45) is 0 Å². The number of phenols is 1. The Labute approximate surface area is 170 Å². The molecule has 4 rings (SSSR count). The van der Waals surface area contributed by atoms with Crippen LogP contribution in [-0.4, -0.2) is 29.1 Å². The molecule has 0 saturated heterocycles. The van der Waals surface area contributed by atoms with Crippen LogP contribution < -0.4 is 0 Å². The number of sulfone groups is 1. The number of benzene rings is 2. The smallest absolute Gasteiger partial charge is 0.209 e. The molecule has 0 bridgehead atoms. The molecule has 0 aliphatic heterocycles. The van der Waals surface area contributed by atoms with Gasteiger partial charge in [0.05, 0.1) is 10.4 Å². The zero-order valence-corrected chi connectivity index (χ0v) is 17.0. The fraction of sp³-hybridized carbons (Fsp3) is 0.130. The second-order valence-corrected chi connectivity index (χ2v) is 8.71. The molecule has 2 aromatic heterocycles. The van der Waals surface area contributed by atoms with Crippen LogP contribution in [-0.2, 0) is 9.84 Å². The van der Waals surface area contributed by atoms with Crippen LogP contribution in [0.5, 0.6) is 5.75 Å². The summed E-state index contributed by atoms with van der Waals surface area (Å²) in [6.45, 7) is 3.44. The molecule has 0 atom stereocenters. The van der Waals surface area contributed by atoms with Crippen molar-refractivity contribution in [3.8, 4) is 16.9 Å². The first-order chi connectivity index (χ1) is 13.8. The van der Waals surface area contributed by atoms with Crippen molar-refractivity contribution in [1.29, 1.82) is 0 Å². The highest BCUT2D eigenvalue weighted by Crippen LogP contribution is 2.36. The molecule has 0 aliphatic carbocycles. The third-order valence-corrected chi connectivity index (χ3v) is 6.00.